The Balaban J connectivity index is 1.76. The SMILES string of the molecule is CC(=O)c1ccc2c(c1)CC(N1CCCCC1)C2. The molecule has 1 aromatic rings. The summed E-state index contributed by atoms with van der Waals surface area (Å²) < 4.78 is 0. The lowest BCUT2D eigenvalue weighted by Crippen LogP contribution is -2.39. The number of carbonyl (C=O) groups excluding carboxylic acids is 1. The van der Waals surface area contributed by atoms with Gasteiger partial charge in [-0.05, 0) is 62.9 Å². The van der Waals surface area contributed by atoms with Crippen LogP contribution >= 0.6 is 0 Å². The Bertz CT molecular complexity index is 460. The molecule has 1 aliphatic heterocycles. The van der Waals surface area contributed by atoms with E-state index in [0.29, 0.717) is 6.04 Å². The second-order valence-corrected chi connectivity index (χ2v) is 5.70. The summed E-state index contributed by atoms with van der Waals surface area (Å²) in [5.41, 5.74) is 3.72. The number of likely N-dealkylation sites (tertiary alicyclic amines) is 1. The molecule has 1 unspecified atom stereocenters. The second kappa shape index (κ2) is 4.85. The number of carbonyl (C=O) groups is 1. The fraction of sp³-hybridized carbons (Fsp3) is 0.562. The van der Waals surface area contributed by atoms with Gasteiger partial charge < -0.3 is 0 Å². The molecule has 96 valence electrons. The summed E-state index contributed by atoms with van der Waals surface area (Å²) in [4.78, 5) is 14.1. The molecule has 3 rings (SSSR count). The number of nitrogens with zero attached hydrogens (tertiary/aromatic N) is 1. The second-order valence-electron chi connectivity index (χ2n) is 5.70. The predicted molar refractivity (Wildman–Crippen MR) is 73.1 cm³/mol. The molecule has 1 heterocycles. The predicted octanol–water partition coefficient (Wildman–Crippen LogP) is 2.84. The highest BCUT2D eigenvalue weighted by Crippen LogP contribution is 2.28. The molecule has 0 radical (unpaired) electrons. The first-order valence-electron chi connectivity index (χ1n) is 7.11. The summed E-state index contributed by atoms with van der Waals surface area (Å²) in [5.74, 6) is 0.180. The summed E-state index contributed by atoms with van der Waals surface area (Å²) in [5, 5.41) is 0. The molecular weight excluding hydrogens is 222 g/mol. The van der Waals surface area contributed by atoms with E-state index >= 15 is 0 Å². The third-order valence-corrected chi connectivity index (χ3v) is 4.43. The molecule has 1 aromatic carbocycles. The highest BCUT2D eigenvalue weighted by atomic mass is 16.1. The van der Waals surface area contributed by atoms with Gasteiger partial charge in [0, 0.05) is 11.6 Å². The molecule has 0 N–H and O–H groups in total. The number of ketones is 1. The molecule has 1 aliphatic carbocycles. The zero-order valence-corrected chi connectivity index (χ0v) is 11.1. The van der Waals surface area contributed by atoms with Gasteiger partial charge in [0.25, 0.3) is 0 Å². The molecule has 0 amide bonds. The lowest BCUT2D eigenvalue weighted by Gasteiger charge is -2.32. The van der Waals surface area contributed by atoms with Gasteiger partial charge in [0.05, 0.1) is 0 Å². The first-order valence-corrected chi connectivity index (χ1v) is 7.11. The maximum absolute atomic E-state index is 11.4. The van der Waals surface area contributed by atoms with Gasteiger partial charge in [0.2, 0.25) is 0 Å². The van der Waals surface area contributed by atoms with Crippen molar-refractivity contribution >= 4 is 5.78 Å². The molecule has 0 bridgehead atoms. The molecule has 1 saturated heterocycles. The average Bonchev–Trinajstić information content (AvgIpc) is 2.82. The van der Waals surface area contributed by atoms with E-state index in [9.17, 15) is 4.79 Å². The number of hydrogen-bond acceptors (Lipinski definition) is 2. The van der Waals surface area contributed by atoms with Crippen molar-refractivity contribution in [3.05, 3.63) is 34.9 Å². The first kappa shape index (κ1) is 11.9. The van der Waals surface area contributed by atoms with Gasteiger partial charge in [-0.3, -0.25) is 9.69 Å². The Hall–Kier alpha value is -1.15. The van der Waals surface area contributed by atoms with Crippen molar-refractivity contribution in [3.63, 3.8) is 0 Å². The number of piperidine rings is 1. The van der Waals surface area contributed by atoms with Crippen LogP contribution in [0.3, 0.4) is 0 Å². The highest BCUT2D eigenvalue weighted by molar-refractivity contribution is 5.94. The minimum Gasteiger partial charge on any atom is -0.300 e. The molecule has 2 aliphatic rings. The van der Waals surface area contributed by atoms with Crippen LogP contribution in [0.25, 0.3) is 0 Å². The van der Waals surface area contributed by atoms with Gasteiger partial charge in [0.15, 0.2) is 5.78 Å². The molecule has 1 fully saturated rings. The van der Waals surface area contributed by atoms with Gasteiger partial charge in [-0.25, -0.2) is 0 Å². The number of hydrogen-bond donors (Lipinski definition) is 0. The van der Waals surface area contributed by atoms with Gasteiger partial charge in [-0.2, -0.15) is 0 Å². The monoisotopic (exact) mass is 243 g/mol. The Morgan fingerprint density at radius 1 is 1.11 bits per heavy atom. The van der Waals surface area contributed by atoms with Crippen LogP contribution in [0.1, 0.15) is 47.7 Å². The van der Waals surface area contributed by atoms with Crippen LogP contribution in [0.4, 0.5) is 0 Å². The summed E-state index contributed by atoms with van der Waals surface area (Å²) in [6, 6.07) is 6.94. The Labute approximate surface area is 109 Å². The Morgan fingerprint density at radius 3 is 2.56 bits per heavy atom. The van der Waals surface area contributed by atoms with Gasteiger partial charge in [0.1, 0.15) is 0 Å². The van der Waals surface area contributed by atoms with Crippen LogP contribution in [0.2, 0.25) is 0 Å². The fourth-order valence-corrected chi connectivity index (χ4v) is 3.36. The lowest BCUT2D eigenvalue weighted by atomic mass is 10.0. The van der Waals surface area contributed by atoms with E-state index in [4.69, 9.17) is 0 Å². The van der Waals surface area contributed by atoms with E-state index in [2.05, 4.69) is 17.0 Å². The zero-order chi connectivity index (χ0) is 12.5. The van der Waals surface area contributed by atoms with Crippen molar-refractivity contribution < 1.29 is 4.79 Å². The van der Waals surface area contributed by atoms with Crippen LogP contribution in [0.5, 0.6) is 0 Å². The minimum absolute atomic E-state index is 0.180. The highest BCUT2D eigenvalue weighted by Gasteiger charge is 2.27. The topological polar surface area (TPSA) is 20.3 Å². The summed E-state index contributed by atoms with van der Waals surface area (Å²) in [6.07, 6.45) is 6.41. The summed E-state index contributed by atoms with van der Waals surface area (Å²) in [7, 11) is 0. The molecule has 1 atom stereocenters. The molecule has 0 aromatic heterocycles. The summed E-state index contributed by atoms with van der Waals surface area (Å²) >= 11 is 0. The average molecular weight is 243 g/mol. The van der Waals surface area contributed by atoms with Crippen molar-refractivity contribution in [1.82, 2.24) is 4.90 Å². The van der Waals surface area contributed by atoms with Crippen molar-refractivity contribution in [3.8, 4) is 0 Å². The first-order chi connectivity index (χ1) is 8.74. The van der Waals surface area contributed by atoms with E-state index in [0.717, 1.165) is 12.0 Å². The molecule has 18 heavy (non-hydrogen) atoms. The fourth-order valence-electron chi connectivity index (χ4n) is 3.36. The molecule has 2 nitrogen and oxygen atoms in total. The van der Waals surface area contributed by atoms with Crippen LogP contribution in [0, 0.1) is 0 Å². The van der Waals surface area contributed by atoms with Crippen LogP contribution < -0.4 is 0 Å². The molecule has 0 spiro atoms. The largest absolute Gasteiger partial charge is 0.300 e. The van der Waals surface area contributed by atoms with Crippen LogP contribution in [-0.4, -0.2) is 29.8 Å². The maximum atomic E-state index is 11.4. The van der Waals surface area contributed by atoms with E-state index in [1.807, 2.05) is 6.07 Å². The number of benzene rings is 1. The van der Waals surface area contributed by atoms with Gasteiger partial charge >= 0.3 is 0 Å². The molecule has 0 saturated carbocycles. The summed E-state index contributed by atoms with van der Waals surface area (Å²) in [6.45, 7) is 4.18. The third kappa shape index (κ3) is 2.22. The van der Waals surface area contributed by atoms with Crippen molar-refractivity contribution in [2.45, 2.75) is 45.1 Å². The third-order valence-electron chi connectivity index (χ3n) is 4.43. The van der Waals surface area contributed by atoms with Crippen LogP contribution in [-0.2, 0) is 12.8 Å². The Kier molecular flexibility index (Phi) is 3.21. The Morgan fingerprint density at radius 2 is 1.83 bits per heavy atom. The lowest BCUT2D eigenvalue weighted by molar-refractivity contribution is 0.101. The smallest absolute Gasteiger partial charge is 0.159 e. The number of fused-ring (bicyclic) bond motifs is 1. The van der Waals surface area contributed by atoms with E-state index < -0.39 is 0 Å². The van der Waals surface area contributed by atoms with Crippen LogP contribution in [0.15, 0.2) is 18.2 Å². The number of rotatable bonds is 2. The number of Topliss-reactive ketones (excluding diaryl/α,β-unsaturated/α-hetero) is 1. The molecular formula is C16H21NO. The normalized spacial score (nSPS) is 23.9. The molecule has 2 heteroatoms. The van der Waals surface area contributed by atoms with Crippen molar-refractivity contribution in [1.29, 1.82) is 0 Å². The quantitative estimate of drug-likeness (QED) is 0.744. The minimum atomic E-state index is 0.180. The zero-order valence-electron chi connectivity index (χ0n) is 11.1. The van der Waals surface area contributed by atoms with E-state index in [1.54, 1.807) is 6.92 Å². The maximum Gasteiger partial charge on any atom is 0.159 e. The standard InChI is InChI=1S/C16H21NO/c1-12(18)13-5-6-14-10-16(11-15(14)9-13)17-7-3-2-4-8-17/h5-6,9,16H,2-4,7-8,10-11H2,1H3. The van der Waals surface area contributed by atoms with Crippen molar-refractivity contribution in [2.24, 2.45) is 0 Å². The van der Waals surface area contributed by atoms with Gasteiger partial charge in [-0.1, -0.05) is 18.6 Å². The van der Waals surface area contributed by atoms with E-state index in [1.165, 1.54) is 49.9 Å². The van der Waals surface area contributed by atoms with Crippen molar-refractivity contribution in [2.75, 3.05) is 13.1 Å². The van der Waals surface area contributed by atoms with Gasteiger partial charge in [-0.15, -0.1) is 0 Å². The van der Waals surface area contributed by atoms with E-state index in [-0.39, 0.29) is 5.78 Å².